The number of thiazole rings is 1. The van der Waals surface area contributed by atoms with Crippen molar-refractivity contribution in [3.05, 3.63) is 76.6 Å². The number of carbonyl (C=O) groups excluding carboxylic acids is 8. The maximum atomic E-state index is 14.5. The molecule has 23 nitrogen and oxygen atoms in total. The van der Waals surface area contributed by atoms with Crippen LogP contribution >= 0.6 is 18.9 Å². The van der Waals surface area contributed by atoms with Crippen molar-refractivity contribution < 1.29 is 66.6 Å². The number of primary amides is 1. The van der Waals surface area contributed by atoms with Gasteiger partial charge in [0.05, 0.1) is 28.2 Å². The molecule has 3 saturated heterocycles. The van der Waals surface area contributed by atoms with Crippen LogP contribution in [0.2, 0.25) is 0 Å². The number of likely N-dealkylation sites (tertiary alicyclic amines) is 1. The molecule has 8 amide bonds. The van der Waals surface area contributed by atoms with Crippen molar-refractivity contribution in [1.29, 1.82) is 0 Å². The van der Waals surface area contributed by atoms with Crippen molar-refractivity contribution in [1.82, 2.24) is 51.3 Å². The van der Waals surface area contributed by atoms with Crippen molar-refractivity contribution in [2.45, 2.75) is 166 Å². The third kappa shape index (κ3) is 16.0. The monoisotopic (exact) mass is 1210 g/mol. The van der Waals surface area contributed by atoms with Crippen LogP contribution in [0.3, 0.4) is 0 Å². The summed E-state index contributed by atoms with van der Waals surface area (Å²) in [5.41, 5.74) is 3.98. The number of aromatic amines is 1. The number of aliphatic hydroxyl groups is 1. The zero-order valence-electron chi connectivity index (χ0n) is 48.1. The lowest BCUT2D eigenvalue weighted by Crippen LogP contribution is -2.61. The highest BCUT2D eigenvalue weighted by Crippen LogP contribution is 2.59. The lowest BCUT2D eigenvalue weighted by Gasteiger charge is -2.37. The molecule has 11 N–H and O–H groups in total. The number of fused-ring (bicyclic) bond motifs is 2. The SMILES string of the molecule is Cc1ncsc1-c1ccc([C@H](C)NC(=O)[C@@H]2C[C@@H](O)CN2C(=O)[C@@H](NC(=O)CCCCCCCNC(=O)[C@H](CCC(N)=O)NC(=O)[C@@H]2CC[C@@H]3CCN(C)C[C@H](NC(=O)c4cc5cc(C(F)(F)P(=O)(O)O)ccc5[nH]4)C(=O)N32)C(C)(C)C)cc1. The third-order valence-electron chi connectivity index (χ3n) is 15.8. The van der Waals surface area contributed by atoms with Gasteiger partial charge in [-0.3, -0.25) is 42.9 Å². The van der Waals surface area contributed by atoms with Crippen LogP contribution in [0.4, 0.5) is 8.78 Å². The smallest absolute Gasteiger partial charge is 0.391 e. The van der Waals surface area contributed by atoms with E-state index in [1.54, 1.807) is 23.9 Å². The number of likely N-dealkylation sites (N-methyl/N-ethyl adjacent to an activating group) is 1. The molecular formula is C57H78F2N11O12PS. The van der Waals surface area contributed by atoms with E-state index in [2.05, 4.69) is 36.6 Å². The second-order valence-electron chi connectivity index (χ2n) is 23.4. The molecule has 0 radical (unpaired) electrons. The highest BCUT2D eigenvalue weighted by atomic mass is 32.1. The molecule has 7 rings (SSSR count). The average Bonchev–Trinajstić information content (AvgIpc) is 3.34. The van der Waals surface area contributed by atoms with Crippen LogP contribution in [0, 0.1) is 12.3 Å². The number of aromatic nitrogens is 2. The first-order chi connectivity index (χ1) is 39.5. The maximum Gasteiger partial charge on any atom is 0.399 e. The number of amides is 8. The molecule has 2 aromatic carbocycles. The summed E-state index contributed by atoms with van der Waals surface area (Å²) in [7, 11) is -4.10. The molecule has 3 aliphatic rings. The van der Waals surface area contributed by atoms with Gasteiger partial charge in [-0.05, 0) is 101 Å². The summed E-state index contributed by atoms with van der Waals surface area (Å²) >= 11 is 1.55. The zero-order chi connectivity index (χ0) is 61.4. The fourth-order valence-electron chi connectivity index (χ4n) is 11.1. The van der Waals surface area contributed by atoms with Crippen LogP contribution < -0.4 is 32.3 Å². The second-order valence-corrected chi connectivity index (χ2v) is 25.9. The quantitative estimate of drug-likeness (QED) is 0.0348. The zero-order valence-corrected chi connectivity index (χ0v) is 49.8. The summed E-state index contributed by atoms with van der Waals surface area (Å²) < 4.78 is 40.5. The van der Waals surface area contributed by atoms with Crippen LogP contribution in [-0.2, 0) is 43.8 Å². The molecule has 0 bridgehead atoms. The van der Waals surface area contributed by atoms with E-state index < -0.39 is 114 Å². The van der Waals surface area contributed by atoms with E-state index >= 15 is 0 Å². The van der Waals surface area contributed by atoms with Crippen LogP contribution in [0.5, 0.6) is 0 Å². The van der Waals surface area contributed by atoms with Crippen molar-refractivity contribution in [2.75, 3.05) is 33.2 Å². The number of unbranched alkanes of at least 4 members (excludes halogenated alkanes) is 4. The summed E-state index contributed by atoms with van der Waals surface area (Å²) in [6, 6.07) is 5.77. The Bertz CT molecular complexity index is 3110. The van der Waals surface area contributed by atoms with Crippen molar-refractivity contribution in [2.24, 2.45) is 11.1 Å². The topological polar surface area (TPSA) is 339 Å². The Morgan fingerprint density at radius 3 is 2.25 bits per heavy atom. The first-order valence-corrected chi connectivity index (χ1v) is 30.9. The predicted octanol–water partition coefficient (Wildman–Crippen LogP) is 4.20. The van der Waals surface area contributed by atoms with Crippen LogP contribution in [0.1, 0.15) is 138 Å². The number of benzene rings is 2. The summed E-state index contributed by atoms with van der Waals surface area (Å²) in [6.45, 7) is 9.98. The Hall–Kier alpha value is -6.70. The maximum absolute atomic E-state index is 14.5. The van der Waals surface area contributed by atoms with Crippen molar-refractivity contribution in [3.8, 4) is 10.4 Å². The molecule has 0 unspecified atom stereocenters. The number of hydrogen-bond acceptors (Lipinski definition) is 13. The van der Waals surface area contributed by atoms with Gasteiger partial charge in [0.2, 0.25) is 41.4 Å². The normalized spacial score (nSPS) is 20.8. The number of nitrogens with zero attached hydrogens (tertiary/aromatic N) is 4. The Morgan fingerprint density at radius 1 is 0.893 bits per heavy atom. The van der Waals surface area contributed by atoms with Gasteiger partial charge in [-0.2, -0.15) is 8.78 Å². The van der Waals surface area contributed by atoms with Gasteiger partial charge in [-0.25, -0.2) is 4.98 Å². The highest BCUT2D eigenvalue weighted by molar-refractivity contribution is 7.52. The molecule has 84 heavy (non-hydrogen) atoms. The number of H-pyrrole nitrogens is 1. The number of alkyl halides is 2. The molecule has 27 heteroatoms. The van der Waals surface area contributed by atoms with E-state index in [0.717, 1.165) is 39.9 Å². The number of aryl methyl sites for hydroxylation is 1. The van der Waals surface area contributed by atoms with Crippen LogP contribution in [0.25, 0.3) is 21.3 Å². The Morgan fingerprint density at radius 2 is 1.58 bits per heavy atom. The molecule has 8 atom stereocenters. The van der Waals surface area contributed by atoms with Gasteiger partial charge in [0.25, 0.3) is 5.91 Å². The number of rotatable bonds is 24. The van der Waals surface area contributed by atoms with Crippen molar-refractivity contribution >= 4 is 77.1 Å². The minimum atomic E-state index is -5.87. The highest BCUT2D eigenvalue weighted by Gasteiger charge is 2.51. The number of nitrogens with two attached hydrogens (primary N) is 1. The Kier molecular flexibility index (Phi) is 21.3. The van der Waals surface area contributed by atoms with E-state index in [1.807, 2.05) is 63.8 Å². The van der Waals surface area contributed by atoms with Gasteiger partial charge in [0, 0.05) is 61.4 Å². The van der Waals surface area contributed by atoms with Gasteiger partial charge < -0.3 is 66.9 Å². The molecular weight excluding hydrogens is 1130 g/mol. The molecule has 2 aromatic heterocycles. The molecule has 3 aliphatic heterocycles. The Balaban J connectivity index is 0.861. The average molecular weight is 1210 g/mol. The van der Waals surface area contributed by atoms with Crippen LogP contribution in [0.15, 0.2) is 54.0 Å². The largest absolute Gasteiger partial charge is 0.399 e. The van der Waals surface area contributed by atoms with Gasteiger partial charge in [-0.15, -0.1) is 11.3 Å². The first kappa shape index (κ1) is 64.9. The number of halogens is 2. The predicted molar refractivity (Wildman–Crippen MR) is 309 cm³/mol. The third-order valence-corrected chi connectivity index (χ3v) is 17.8. The Labute approximate surface area is 490 Å². The van der Waals surface area contributed by atoms with Crippen LogP contribution in [-0.4, -0.2) is 162 Å². The summed E-state index contributed by atoms with van der Waals surface area (Å²) in [5, 5.41) is 24.9. The minimum absolute atomic E-state index is 0.0449. The van der Waals surface area contributed by atoms with E-state index in [9.17, 15) is 66.6 Å². The summed E-state index contributed by atoms with van der Waals surface area (Å²) in [6.07, 6.45) is 3.22. The van der Waals surface area contributed by atoms with Crippen molar-refractivity contribution in [3.63, 3.8) is 0 Å². The first-order valence-electron chi connectivity index (χ1n) is 28.4. The fourth-order valence-corrected chi connectivity index (χ4v) is 12.4. The lowest BCUT2D eigenvalue weighted by molar-refractivity contribution is -0.144. The minimum Gasteiger partial charge on any atom is -0.391 e. The van der Waals surface area contributed by atoms with E-state index in [4.69, 9.17) is 5.73 Å². The van der Waals surface area contributed by atoms with E-state index in [1.165, 1.54) is 15.9 Å². The molecule has 0 saturated carbocycles. The summed E-state index contributed by atoms with van der Waals surface area (Å²) in [5.74, 6) is -4.44. The number of hydrogen-bond donors (Lipinski definition) is 10. The number of nitrogens with one attached hydrogen (secondary N) is 6. The second kappa shape index (κ2) is 27.6. The molecule has 5 heterocycles. The number of aliphatic hydroxyl groups excluding tert-OH is 1. The molecule has 458 valence electrons. The van der Waals surface area contributed by atoms with Gasteiger partial charge in [0.1, 0.15) is 35.9 Å². The fraction of sp³-hybridized carbons (Fsp3) is 0.561. The summed E-state index contributed by atoms with van der Waals surface area (Å²) in [4.78, 5) is 140. The lowest BCUT2D eigenvalue weighted by atomic mass is 9.85. The number of β-amino-alcohol motifs (C(OH)–C–C–N with tert-alkyl or cyclic N) is 1. The molecule has 0 spiro atoms. The number of carbonyl (C=O) groups is 8. The van der Waals surface area contributed by atoms with Gasteiger partial charge >= 0.3 is 13.3 Å². The standard InChI is InChI=1S/C57H78F2N11O12PS/c1-32(34-13-15-35(16-14-34)48-33(2)62-31-84-48)63-53(77)45-28-39(71)29-69(45)55(79)49(56(3,4)5)67-47(73)12-10-8-7-9-11-24-61-50(74)41(20-22-46(60)72)65-52(76)44-21-18-38-23-25-68(6)30-43(54(78)70(38)44)66-51(75)42-27-36-26-37(17-19-40(36)64-42)57(58,59)83(80,81)82/h13-17,19,26-27,31-32,38-39,41,43-45,49,64,71H,7-12,18,20-25,28-30H2,1-6H3,(H2,60,72)(H,61,74)(H,63,77)(H,65,76)(H,66,75)(H,67,73)(H2,80,81,82)/t32-,38+,39+,41-,43-,44-,45-,49+/m0/s1. The van der Waals surface area contributed by atoms with E-state index in [-0.39, 0.29) is 74.2 Å². The molecule has 4 aromatic rings. The van der Waals surface area contributed by atoms with E-state index in [0.29, 0.717) is 51.5 Å². The van der Waals surface area contributed by atoms with Gasteiger partial charge in [-0.1, -0.05) is 70.4 Å². The molecule has 3 fully saturated rings. The molecule has 0 aliphatic carbocycles. The van der Waals surface area contributed by atoms with Gasteiger partial charge in [0.15, 0.2) is 0 Å².